The van der Waals surface area contributed by atoms with Gasteiger partial charge >= 0.3 is 11.9 Å². The molecular weight excluding hydrogens is 370 g/mol. The summed E-state index contributed by atoms with van der Waals surface area (Å²) in [6, 6.07) is 2.45. The molecule has 0 aliphatic heterocycles. The van der Waals surface area contributed by atoms with Crippen LogP contribution < -0.4 is 5.32 Å². The molecule has 0 amide bonds. The normalized spacial score (nSPS) is 11.8. The number of esters is 1. The molecule has 98 valence electrons. The Hall–Kier alpha value is -1.08. The van der Waals surface area contributed by atoms with Gasteiger partial charge in [0.2, 0.25) is 0 Å². The summed E-state index contributed by atoms with van der Waals surface area (Å²) in [6.07, 6.45) is 0. The molecule has 0 heterocycles. The maximum Gasteiger partial charge on any atom is 0.340 e. The quantitative estimate of drug-likeness (QED) is 0.785. The monoisotopic (exact) mass is 379 g/mol. The van der Waals surface area contributed by atoms with Gasteiger partial charge in [-0.1, -0.05) is 15.9 Å². The van der Waals surface area contributed by atoms with Crippen LogP contribution in [0.15, 0.2) is 21.1 Å². The fourth-order valence-electron chi connectivity index (χ4n) is 1.27. The van der Waals surface area contributed by atoms with Crippen molar-refractivity contribution in [2.24, 2.45) is 0 Å². The summed E-state index contributed by atoms with van der Waals surface area (Å²) < 4.78 is 5.92. The van der Waals surface area contributed by atoms with E-state index in [4.69, 9.17) is 5.11 Å². The highest BCUT2D eigenvalue weighted by Gasteiger charge is 2.19. The number of halogens is 2. The molecule has 7 heteroatoms. The van der Waals surface area contributed by atoms with E-state index in [1.807, 2.05) is 0 Å². The second-order valence-electron chi connectivity index (χ2n) is 3.51. The van der Waals surface area contributed by atoms with Crippen molar-refractivity contribution in [1.29, 1.82) is 0 Å². The van der Waals surface area contributed by atoms with Crippen LogP contribution in [0.2, 0.25) is 0 Å². The van der Waals surface area contributed by atoms with E-state index in [0.717, 1.165) is 0 Å². The van der Waals surface area contributed by atoms with Crippen molar-refractivity contribution < 1.29 is 19.4 Å². The number of methoxy groups -OCH3 is 1. The Balaban J connectivity index is 3.23. The van der Waals surface area contributed by atoms with Crippen LogP contribution in [-0.2, 0) is 9.53 Å². The van der Waals surface area contributed by atoms with E-state index in [9.17, 15) is 9.59 Å². The average Bonchev–Trinajstić information content (AvgIpc) is 2.30. The third-order valence-electron chi connectivity index (χ3n) is 2.19. The smallest absolute Gasteiger partial charge is 0.340 e. The molecule has 0 radical (unpaired) electrons. The number of aliphatic carboxylic acids is 1. The lowest BCUT2D eigenvalue weighted by Crippen LogP contribution is -2.26. The predicted molar refractivity (Wildman–Crippen MR) is 73.9 cm³/mol. The van der Waals surface area contributed by atoms with Gasteiger partial charge in [-0.25, -0.2) is 4.79 Å². The molecule has 1 rings (SSSR count). The van der Waals surface area contributed by atoms with Gasteiger partial charge in [0.1, 0.15) is 6.04 Å². The van der Waals surface area contributed by atoms with Crippen LogP contribution in [0, 0.1) is 0 Å². The highest BCUT2D eigenvalue weighted by atomic mass is 79.9. The first kappa shape index (κ1) is 15.0. The fraction of sp³-hybridized carbons (Fsp3) is 0.273. The summed E-state index contributed by atoms with van der Waals surface area (Å²) in [5.41, 5.74) is 0.645. The zero-order valence-electron chi connectivity index (χ0n) is 9.66. The van der Waals surface area contributed by atoms with E-state index < -0.39 is 18.0 Å². The molecule has 18 heavy (non-hydrogen) atoms. The number of ether oxygens (including phenoxy) is 1. The molecule has 0 bridgehead atoms. The van der Waals surface area contributed by atoms with E-state index in [1.165, 1.54) is 14.0 Å². The minimum Gasteiger partial charge on any atom is -0.480 e. The van der Waals surface area contributed by atoms with E-state index in [1.54, 1.807) is 12.1 Å². The van der Waals surface area contributed by atoms with Crippen LogP contribution in [-0.4, -0.2) is 30.2 Å². The zero-order chi connectivity index (χ0) is 13.9. The van der Waals surface area contributed by atoms with Crippen molar-refractivity contribution in [3.63, 3.8) is 0 Å². The van der Waals surface area contributed by atoms with Crippen molar-refractivity contribution >= 4 is 49.5 Å². The molecule has 2 N–H and O–H groups in total. The third kappa shape index (κ3) is 3.46. The summed E-state index contributed by atoms with van der Waals surface area (Å²) in [4.78, 5) is 22.5. The van der Waals surface area contributed by atoms with Crippen molar-refractivity contribution in [3.8, 4) is 0 Å². The number of carboxylic acids is 1. The topological polar surface area (TPSA) is 75.6 Å². The highest BCUT2D eigenvalue weighted by molar-refractivity contribution is 9.11. The van der Waals surface area contributed by atoms with Crippen molar-refractivity contribution in [1.82, 2.24) is 0 Å². The lowest BCUT2D eigenvalue weighted by Gasteiger charge is -2.16. The van der Waals surface area contributed by atoms with Crippen molar-refractivity contribution in [2.75, 3.05) is 12.4 Å². The lowest BCUT2D eigenvalue weighted by atomic mass is 10.1. The Morgan fingerprint density at radius 3 is 2.50 bits per heavy atom. The maximum absolute atomic E-state index is 11.6. The van der Waals surface area contributed by atoms with Crippen LogP contribution in [0.25, 0.3) is 0 Å². The molecule has 0 spiro atoms. The number of benzene rings is 1. The molecule has 0 aliphatic carbocycles. The summed E-state index contributed by atoms with van der Waals surface area (Å²) in [5.74, 6) is -1.56. The number of rotatable bonds is 4. The SMILES string of the molecule is COC(=O)c1cc(Br)cc(Br)c1NC(C)C(=O)O. The van der Waals surface area contributed by atoms with E-state index in [2.05, 4.69) is 41.9 Å². The fourth-order valence-corrected chi connectivity index (χ4v) is 2.61. The second kappa shape index (κ2) is 6.19. The maximum atomic E-state index is 11.6. The number of carbonyl (C=O) groups excluding carboxylic acids is 1. The van der Waals surface area contributed by atoms with Crippen LogP contribution in [0.4, 0.5) is 5.69 Å². The van der Waals surface area contributed by atoms with Crippen LogP contribution >= 0.6 is 31.9 Å². The van der Waals surface area contributed by atoms with Gasteiger partial charge in [-0.3, -0.25) is 4.79 Å². The number of carboxylic acid groups (broad SMARTS) is 1. The van der Waals surface area contributed by atoms with Gasteiger partial charge in [0.15, 0.2) is 0 Å². The first-order chi connectivity index (χ1) is 8.36. The second-order valence-corrected chi connectivity index (χ2v) is 5.28. The highest BCUT2D eigenvalue weighted by Crippen LogP contribution is 2.31. The number of hydrogen-bond acceptors (Lipinski definition) is 4. The van der Waals surface area contributed by atoms with Crippen molar-refractivity contribution in [2.45, 2.75) is 13.0 Å². The molecule has 1 unspecified atom stereocenters. The molecule has 1 aromatic carbocycles. The molecule has 0 aliphatic rings. The van der Waals surface area contributed by atoms with E-state index in [-0.39, 0.29) is 5.56 Å². The minimum absolute atomic E-state index is 0.256. The summed E-state index contributed by atoms with van der Waals surface area (Å²) >= 11 is 6.54. The Bertz CT molecular complexity index is 490. The van der Waals surface area contributed by atoms with Gasteiger partial charge in [-0.05, 0) is 35.0 Å². The molecule has 0 aromatic heterocycles. The van der Waals surface area contributed by atoms with Gasteiger partial charge in [-0.2, -0.15) is 0 Å². The molecule has 0 saturated heterocycles. The molecule has 5 nitrogen and oxygen atoms in total. The van der Waals surface area contributed by atoms with E-state index in [0.29, 0.717) is 14.6 Å². The van der Waals surface area contributed by atoms with Crippen LogP contribution in [0.5, 0.6) is 0 Å². The van der Waals surface area contributed by atoms with Gasteiger partial charge < -0.3 is 15.2 Å². The predicted octanol–water partition coefficient (Wildman–Crippen LogP) is 2.88. The molecule has 1 aromatic rings. The Kier molecular flexibility index (Phi) is 5.15. The van der Waals surface area contributed by atoms with Gasteiger partial charge in [0.05, 0.1) is 18.4 Å². The summed E-state index contributed by atoms with van der Waals surface area (Å²) in [7, 11) is 1.27. The minimum atomic E-state index is -1.01. The standard InChI is InChI=1S/C11H11Br2NO4/c1-5(10(15)16)14-9-7(11(17)18-2)3-6(12)4-8(9)13/h3-5,14H,1-2H3,(H,15,16). The lowest BCUT2D eigenvalue weighted by molar-refractivity contribution is -0.137. The summed E-state index contributed by atoms with van der Waals surface area (Å²) in [5, 5.41) is 11.6. The third-order valence-corrected chi connectivity index (χ3v) is 3.27. The van der Waals surface area contributed by atoms with E-state index >= 15 is 0 Å². The zero-order valence-corrected chi connectivity index (χ0v) is 12.8. The molecule has 1 atom stereocenters. The largest absolute Gasteiger partial charge is 0.480 e. The summed E-state index contributed by atoms with van der Waals surface area (Å²) in [6.45, 7) is 1.48. The molecular formula is C11H11Br2NO4. The molecule has 0 fully saturated rings. The average molecular weight is 381 g/mol. The first-order valence-electron chi connectivity index (χ1n) is 4.93. The first-order valence-corrected chi connectivity index (χ1v) is 6.52. The van der Waals surface area contributed by atoms with Crippen LogP contribution in [0.1, 0.15) is 17.3 Å². The molecule has 0 saturated carbocycles. The van der Waals surface area contributed by atoms with Gasteiger partial charge in [-0.15, -0.1) is 0 Å². The Labute approximate surface area is 121 Å². The number of carbonyl (C=O) groups is 2. The van der Waals surface area contributed by atoms with Gasteiger partial charge in [0, 0.05) is 8.95 Å². The van der Waals surface area contributed by atoms with Crippen molar-refractivity contribution in [3.05, 3.63) is 26.6 Å². The van der Waals surface area contributed by atoms with Crippen LogP contribution in [0.3, 0.4) is 0 Å². The number of nitrogens with one attached hydrogen (secondary N) is 1. The number of hydrogen-bond donors (Lipinski definition) is 2. The number of anilines is 1. The Morgan fingerprint density at radius 1 is 1.39 bits per heavy atom. The Morgan fingerprint density at radius 2 is 2.00 bits per heavy atom. The van der Waals surface area contributed by atoms with Gasteiger partial charge in [0.25, 0.3) is 0 Å².